The smallest absolute Gasteiger partial charge is 0.423 e. The predicted octanol–water partition coefficient (Wildman–Crippen LogP) is -0.484. The summed E-state index contributed by atoms with van der Waals surface area (Å²) in [4.78, 5) is 11.8. The lowest BCUT2D eigenvalue weighted by molar-refractivity contribution is 0.254. The van der Waals surface area contributed by atoms with Gasteiger partial charge in [-0.3, -0.25) is 5.84 Å². The highest BCUT2D eigenvalue weighted by Crippen LogP contribution is 2.14. The quantitative estimate of drug-likeness (QED) is 0.220. The van der Waals surface area contributed by atoms with Crippen LogP contribution in [0, 0.1) is 0 Å². The second kappa shape index (κ2) is 6.24. The van der Waals surface area contributed by atoms with E-state index in [9.17, 15) is 9.82 Å². The molecule has 1 aromatic carbocycles. The lowest BCUT2D eigenvalue weighted by atomic mass is 9.79. The van der Waals surface area contributed by atoms with Gasteiger partial charge in [-0.1, -0.05) is 12.6 Å². The summed E-state index contributed by atoms with van der Waals surface area (Å²) in [6, 6.07) is 4.76. The van der Waals surface area contributed by atoms with Gasteiger partial charge in [0.2, 0.25) is 0 Å². The molecule has 0 spiro atoms. The number of amides is 2. The minimum atomic E-state index is -0.945. The summed E-state index contributed by atoms with van der Waals surface area (Å²) < 4.78 is 5.08. The maximum atomic E-state index is 11.8. The lowest BCUT2D eigenvalue weighted by Gasteiger charge is -2.09. The molecule has 2 amide bonds. The molecule has 0 radical (unpaired) electrons. The van der Waals surface area contributed by atoms with E-state index in [-0.39, 0.29) is 0 Å². The number of nitrogens with two attached hydrogens (primary N) is 1. The largest absolute Gasteiger partial charge is 0.491 e. The molecule has 1 heterocycles. The van der Waals surface area contributed by atoms with Gasteiger partial charge >= 0.3 is 13.1 Å². The zero-order valence-corrected chi connectivity index (χ0v) is 10.7. The molecule has 8 heteroatoms. The summed E-state index contributed by atoms with van der Waals surface area (Å²) in [6.07, 6.45) is 2.84. The topological polar surface area (TPSA) is 109 Å². The number of benzene rings is 1. The van der Waals surface area contributed by atoms with Crippen LogP contribution in [0.5, 0.6) is 0 Å². The molecule has 0 aliphatic carbocycles. The van der Waals surface area contributed by atoms with E-state index in [2.05, 4.69) is 22.6 Å². The van der Waals surface area contributed by atoms with E-state index in [0.717, 1.165) is 5.56 Å². The number of urea groups is 1. The molecule has 1 aliphatic heterocycles. The van der Waals surface area contributed by atoms with E-state index in [0.29, 0.717) is 23.5 Å². The Bertz CT molecular complexity index is 562. The number of hydrogen-bond acceptors (Lipinski definition) is 5. The first-order chi connectivity index (χ1) is 9.63. The van der Waals surface area contributed by atoms with Crippen LogP contribution in [-0.2, 0) is 11.3 Å². The molecule has 1 aliphatic rings. The van der Waals surface area contributed by atoms with E-state index in [1.807, 2.05) is 0 Å². The highest BCUT2D eigenvalue weighted by molar-refractivity contribution is 6.61. The van der Waals surface area contributed by atoms with E-state index < -0.39 is 13.1 Å². The van der Waals surface area contributed by atoms with Gasteiger partial charge in [-0.15, -0.1) is 0 Å². The molecule has 6 N–H and O–H groups in total. The van der Waals surface area contributed by atoms with Gasteiger partial charge in [0, 0.05) is 11.9 Å². The normalized spacial score (nSPS) is 13.7. The van der Waals surface area contributed by atoms with E-state index in [1.54, 1.807) is 18.2 Å². The summed E-state index contributed by atoms with van der Waals surface area (Å²) >= 11 is 0. The van der Waals surface area contributed by atoms with E-state index in [4.69, 9.17) is 10.5 Å². The Labute approximate surface area is 116 Å². The minimum absolute atomic E-state index is 0.370. The molecule has 7 nitrogen and oxygen atoms in total. The van der Waals surface area contributed by atoms with Crippen molar-refractivity contribution in [1.82, 2.24) is 10.7 Å². The Balaban J connectivity index is 2.03. The fourth-order valence-electron chi connectivity index (χ4n) is 1.82. The van der Waals surface area contributed by atoms with Gasteiger partial charge in [-0.05, 0) is 29.2 Å². The summed E-state index contributed by atoms with van der Waals surface area (Å²) in [5.41, 5.74) is 4.84. The van der Waals surface area contributed by atoms with Crippen LogP contribution in [-0.4, -0.2) is 18.2 Å². The van der Waals surface area contributed by atoms with Crippen molar-refractivity contribution in [2.24, 2.45) is 5.84 Å². The number of carbonyl (C=O) groups is 1. The van der Waals surface area contributed by atoms with Crippen LogP contribution in [0.4, 0.5) is 10.5 Å². The number of allylic oxidation sites excluding steroid dienone is 1. The first kappa shape index (κ1) is 14.1. The maximum absolute atomic E-state index is 11.8. The van der Waals surface area contributed by atoms with Crippen LogP contribution >= 0.6 is 0 Å². The Kier molecular flexibility index (Phi) is 4.41. The number of rotatable bonds is 4. The van der Waals surface area contributed by atoms with Crippen molar-refractivity contribution in [3.05, 3.63) is 48.3 Å². The molecular weight excluding hydrogens is 259 g/mol. The molecule has 0 fully saturated rings. The Morgan fingerprint density at radius 3 is 3.05 bits per heavy atom. The van der Waals surface area contributed by atoms with Gasteiger partial charge in [0.25, 0.3) is 0 Å². The Morgan fingerprint density at radius 1 is 1.55 bits per heavy atom. The third-order valence-corrected chi connectivity index (χ3v) is 2.78. The van der Waals surface area contributed by atoms with Crippen molar-refractivity contribution >= 4 is 24.3 Å². The van der Waals surface area contributed by atoms with Crippen molar-refractivity contribution in [2.45, 2.75) is 6.61 Å². The molecule has 0 unspecified atom stereocenters. The van der Waals surface area contributed by atoms with Crippen LogP contribution < -0.4 is 27.4 Å². The Morgan fingerprint density at radius 2 is 2.35 bits per heavy atom. The third-order valence-electron chi connectivity index (χ3n) is 2.78. The molecule has 0 atom stereocenters. The van der Waals surface area contributed by atoms with Gasteiger partial charge in [-0.25, -0.2) is 4.79 Å². The number of anilines is 1. The summed E-state index contributed by atoms with van der Waals surface area (Å²) in [5.74, 6) is 5.12. The number of nitrogens with one attached hydrogen (secondary N) is 3. The van der Waals surface area contributed by atoms with E-state index in [1.165, 1.54) is 12.3 Å². The number of hydrazine groups is 1. The molecule has 0 saturated carbocycles. The highest BCUT2D eigenvalue weighted by atomic mass is 16.5. The van der Waals surface area contributed by atoms with Crippen LogP contribution in [0.3, 0.4) is 0 Å². The molecule has 0 bridgehead atoms. The van der Waals surface area contributed by atoms with Crippen LogP contribution in [0.1, 0.15) is 5.56 Å². The SMILES string of the molecule is C=C/C(=C\NN)NC(=O)Nc1ccc2c(c1)B(O)OC2. The average Bonchev–Trinajstić information content (AvgIpc) is 2.79. The van der Waals surface area contributed by atoms with Crippen LogP contribution in [0.25, 0.3) is 0 Å². The number of fused-ring (bicyclic) bond motifs is 1. The maximum Gasteiger partial charge on any atom is 0.491 e. The number of hydrogen-bond donors (Lipinski definition) is 5. The average molecular weight is 274 g/mol. The first-order valence-electron chi connectivity index (χ1n) is 5.93. The summed E-state index contributed by atoms with van der Waals surface area (Å²) in [7, 11) is -0.945. The highest BCUT2D eigenvalue weighted by Gasteiger charge is 2.27. The lowest BCUT2D eigenvalue weighted by Crippen LogP contribution is -2.31. The molecule has 0 aromatic heterocycles. The van der Waals surface area contributed by atoms with Gasteiger partial charge in [-0.2, -0.15) is 0 Å². The molecular formula is C12H15BN4O3. The van der Waals surface area contributed by atoms with E-state index >= 15 is 0 Å². The van der Waals surface area contributed by atoms with Crippen molar-refractivity contribution in [1.29, 1.82) is 0 Å². The van der Waals surface area contributed by atoms with Gasteiger partial charge in [0.05, 0.1) is 12.3 Å². The number of carbonyl (C=O) groups excluding carboxylic acids is 1. The molecule has 1 aromatic rings. The monoisotopic (exact) mass is 274 g/mol. The van der Waals surface area contributed by atoms with Crippen molar-refractivity contribution in [3.8, 4) is 0 Å². The molecule has 0 saturated heterocycles. The van der Waals surface area contributed by atoms with Crippen LogP contribution in [0.2, 0.25) is 0 Å². The zero-order chi connectivity index (χ0) is 14.5. The van der Waals surface area contributed by atoms with Crippen molar-refractivity contribution in [3.63, 3.8) is 0 Å². The van der Waals surface area contributed by atoms with Crippen molar-refractivity contribution < 1.29 is 14.5 Å². The summed E-state index contributed by atoms with van der Waals surface area (Å²) in [6.45, 7) is 3.91. The fraction of sp³-hybridized carbons (Fsp3) is 0.0833. The second-order valence-corrected chi connectivity index (χ2v) is 4.13. The first-order valence-corrected chi connectivity index (χ1v) is 5.93. The predicted molar refractivity (Wildman–Crippen MR) is 76.6 cm³/mol. The van der Waals surface area contributed by atoms with Crippen molar-refractivity contribution in [2.75, 3.05) is 5.32 Å². The fourth-order valence-corrected chi connectivity index (χ4v) is 1.82. The molecule has 2 rings (SSSR count). The summed E-state index contributed by atoms with van der Waals surface area (Å²) in [5, 5.41) is 14.8. The third kappa shape index (κ3) is 3.18. The minimum Gasteiger partial charge on any atom is -0.423 e. The van der Waals surface area contributed by atoms with Gasteiger partial charge in [0.15, 0.2) is 0 Å². The van der Waals surface area contributed by atoms with Gasteiger partial charge in [0.1, 0.15) is 0 Å². The molecule has 104 valence electrons. The zero-order valence-electron chi connectivity index (χ0n) is 10.7. The van der Waals surface area contributed by atoms with Gasteiger partial charge < -0.3 is 25.7 Å². The molecule has 20 heavy (non-hydrogen) atoms. The second-order valence-electron chi connectivity index (χ2n) is 4.13. The Hall–Kier alpha value is -2.29. The standard InChI is InChI=1S/C12H15BN4O3/c1-2-9(6-15-14)16-12(18)17-10-4-3-8-7-20-13(19)11(8)5-10/h2-6,15,19H,1,7,14H2,(H2,16,17,18)/b9-6+. The van der Waals surface area contributed by atoms with Crippen LogP contribution in [0.15, 0.2) is 42.8 Å².